The van der Waals surface area contributed by atoms with Gasteiger partial charge in [-0.1, -0.05) is 32.9 Å². The highest BCUT2D eigenvalue weighted by Crippen LogP contribution is 2.30. The van der Waals surface area contributed by atoms with Crippen molar-refractivity contribution >= 4 is 11.6 Å². The maximum absolute atomic E-state index is 12.2. The SMILES string of the molecule is CC(C)(C)C(=O)N1CCC(c2ccc(N)cc2)CC1. The first kappa shape index (κ1) is 13.9. The number of carbonyl (C=O) groups excluding carboxylic acids is 1. The molecule has 0 aliphatic carbocycles. The Kier molecular flexibility index (Phi) is 3.83. The molecule has 2 rings (SSSR count). The molecule has 1 fully saturated rings. The van der Waals surface area contributed by atoms with Gasteiger partial charge in [0.2, 0.25) is 5.91 Å². The molecular formula is C16H24N2O. The van der Waals surface area contributed by atoms with E-state index in [2.05, 4.69) is 12.1 Å². The van der Waals surface area contributed by atoms with Crippen molar-refractivity contribution in [1.29, 1.82) is 0 Å². The molecule has 1 heterocycles. The summed E-state index contributed by atoms with van der Waals surface area (Å²) in [7, 11) is 0. The second-order valence-electron chi connectivity index (χ2n) is 6.48. The van der Waals surface area contributed by atoms with Gasteiger partial charge in [-0.2, -0.15) is 0 Å². The molecule has 1 aliphatic rings. The van der Waals surface area contributed by atoms with Gasteiger partial charge in [0.05, 0.1) is 0 Å². The Morgan fingerprint density at radius 2 is 1.68 bits per heavy atom. The Balaban J connectivity index is 1.96. The van der Waals surface area contributed by atoms with E-state index in [0.717, 1.165) is 31.6 Å². The molecule has 0 spiro atoms. The first-order valence-corrected chi connectivity index (χ1v) is 7.03. The van der Waals surface area contributed by atoms with Crippen LogP contribution >= 0.6 is 0 Å². The maximum atomic E-state index is 12.2. The molecule has 1 aromatic carbocycles. The Bertz CT molecular complexity index is 437. The molecule has 0 bridgehead atoms. The number of nitrogens with two attached hydrogens (primary N) is 1. The number of piperidine rings is 1. The second-order valence-corrected chi connectivity index (χ2v) is 6.48. The molecular weight excluding hydrogens is 236 g/mol. The predicted octanol–water partition coefficient (Wildman–Crippen LogP) is 3.02. The summed E-state index contributed by atoms with van der Waals surface area (Å²) in [5.74, 6) is 0.827. The summed E-state index contributed by atoms with van der Waals surface area (Å²) in [4.78, 5) is 14.2. The van der Waals surface area contributed by atoms with E-state index in [4.69, 9.17) is 5.73 Å². The van der Waals surface area contributed by atoms with E-state index >= 15 is 0 Å². The third kappa shape index (κ3) is 3.28. The van der Waals surface area contributed by atoms with Crippen molar-refractivity contribution in [2.75, 3.05) is 18.8 Å². The number of carbonyl (C=O) groups is 1. The summed E-state index contributed by atoms with van der Waals surface area (Å²) >= 11 is 0. The fourth-order valence-corrected chi connectivity index (χ4v) is 2.66. The second kappa shape index (κ2) is 5.24. The largest absolute Gasteiger partial charge is 0.399 e. The fraction of sp³-hybridized carbons (Fsp3) is 0.562. The lowest BCUT2D eigenvalue weighted by Gasteiger charge is -2.36. The Morgan fingerprint density at radius 3 is 2.16 bits per heavy atom. The summed E-state index contributed by atoms with van der Waals surface area (Å²) in [6.07, 6.45) is 2.09. The molecule has 19 heavy (non-hydrogen) atoms. The average Bonchev–Trinajstić information content (AvgIpc) is 2.38. The summed E-state index contributed by atoms with van der Waals surface area (Å²) in [5, 5.41) is 0. The van der Waals surface area contributed by atoms with E-state index in [1.54, 1.807) is 0 Å². The van der Waals surface area contributed by atoms with Crippen LogP contribution in [0, 0.1) is 5.41 Å². The van der Waals surface area contributed by atoms with Gasteiger partial charge in [-0.25, -0.2) is 0 Å². The van der Waals surface area contributed by atoms with Crippen molar-refractivity contribution < 1.29 is 4.79 Å². The van der Waals surface area contributed by atoms with Crippen LogP contribution in [0.5, 0.6) is 0 Å². The van der Waals surface area contributed by atoms with Crippen molar-refractivity contribution in [1.82, 2.24) is 4.90 Å². The highest BCUT2D eigenvalue weighted by molar-refractivity contribution is 5.81. The van der Waals surface area contributed by atoms with Crippen LogP contribution in [0.2, 0.25) is 0 Å². The number of likely N-dealkylation sites (tertiary alicyclic amines) is 1. The lowest BCUT2D eigenvalue weighted by Crippen LogP contribution is -2.43. The van der Waals surface area contributed by atoms with Crippen LogP contribution in [-0.2, 0) is 4.79 Å². The van der Waals surface area contributed by atoms with Gasteiger partial charge in [-0.15, -0.1) is 0 Å². The minimum absolute atomic E-state index is 0.267. The highest BCUT2D eigenvalue weighted by Gasteiger charge is 2.30. The highest BCUT2D eigenvalue weighted by atomic mass is 16.2. The molecule has 1 aromatic rings. The zero-order chi connectivity index (χ0) is 14.0. The average molecular weight is 260 g/mol. The van der Waals surface area contributed by atoms with Gasteiger partial charge in [-0.05, 0) is 36.5 Å². The first-order chi connectivity index (χ1) is 8.88. The van der Waals surface area contributed by atoms with Crippen molar-refractivity contribution in [2.45, 2.75) is 39.5 Å². The molecule has 0 saturated carbocycles. The van der Waals surface area contributed by atoms with Gasteiger partial charge in [0.15, 0.2) is 0 Å². The van der Waals surface area contributed by atoms with E-state index in [1.807, 2.05) is 37.8 Å². The maximum Gasteiger partial charge on any atom is 0.227 e. The molecule has 104 valence electrons. The molecule has 0 radical (unpaired) electrons. The normalized spacial score (nSPS) is 17.5. The molecule has 0 aromatic heterocycles. The fourth-order valence-electron chi connectivity index (χ4n) is 2.66. The lowest BCUT2D eigenvalue weighted by atomic mass is 9.87. The van der Waals surface area contributed by atoms with Gasteiger partial charge in [0.1, 0.15) is 0 Å². The van der Waals surface area contributed by atoms with Gasteiger partial charge >= 0.3 is 0 Å². The molecule has 0 atom stereocenters. The van der Waals surface area contributed by atoms with E-state index < -0.39 is 0 Å². The molecule has 1 amide bonds. The van der Waals surface area contributed by atoms with Crippen LogP contribution in [0.15, 0.2) is 24.3 Å². The van der Waals surface area contributed by atoms with Crippen LogP contribution in [0.4, 0.5) is 5.69 Å². The molecule has 0 unspecified atom stereocenters. The zero-order valence-corrected chi connectivity index (χ0v) is 12.1. The minimum atomic E-state index is -0.270. The van der Waals surface area contributed by atoms with E-state index in [9.17, 15) is 4.79 Å². The zero-order valence-electron chi connectivity index (χ0n) is 12.1. The number of nitrogens with zero attached hydrogens (tertiary/aromatic N) is 1. The molecule has 3 heteroatoms. The number of amides is 1. The van der Waals surface area contributed by atoms with Crippen LogP contribution in [0.25, 0.3) is 0 Å². The van der Waals surface area contributed by atoms with E-state index in [1.165, 1.54) is 5.56 Å². The van der Waals surface area contributed by atoms with Crippen molar-refractivity contribution in [3.8, 4) is 0 Å². The first-order valence-electron chi connectivity index (χ1n) is 7.03. The number of anilines is 1. The molecule has 3 nitrogen and oxygen atoms in total. The number of nitrogen functional groups attached to an aromatic ring is 1. The van der Waals surface area contributed by atoms with Gasteiger partial charge in [0.25, 0.3) is 0 Å². The Morgan fingerprint density at radius 1 is 1.16 bits per heavy atom. The number of hydrogen-bond acceptors (Lipinski definition) is 2. The van der Waals surface area contributed by atoms with Crippen LogP contribution in [-0.4, -0.2) is 23.9 Å². The summed E-state index contributed by atoms with van der Waals surface area (Å²) in [6.45, 7) is 7.69. The monoisotopic (exact) mass is 260 g/mol. The minimum Gasteiger partial charge on any atom is -0.399 e. The van der Waals surface area contributed by atoms with Crippen molar-refractivity contribution in [3.63, 3.8) is 0 Å². The topological polar surface area (TPSA) is 46.3 Å². The molecule has 1 aliphatic heterocycles. The Labute approximate surface area is 115 Å². The van der Waals surface area contributed by atoms with Crippen molar-refractivity contribution in [2.24, 2.45) is 5.41 Å². The lowest BCUT2D eigenvalue weighted by molar-refractivity contribution is -0.140. The third-order valence-corrected chi connectivity index (χ3v) is 3.83. The van der Waals surface area contributed by atoms with Crippen LogP contribution in [0.3, 0.4) is 0 Å². The quantitative estimate of drug-likeness (QED) is 0.789. The smallest absolute Gasteiger partial charge is 0.227 e. The predicted molar refractivity (Wildman–Crippen MR) is 78.9 cm³/mol. The third-order valence-electron chi connectivity index (χ3n) is 3.83. The van der Waals surface area contributed by atoms with Crippen LogP contribution < -0.4 is 5.73 Å². The van der Waals surface area contributed by atoms with E-state index in [0.29, 0.717) is 5.92 Å². The Hall–Kier alpha value is -1.51. The summed E-state index contributed by atoms with van der Waals surface area (Å²) in [5.41, 5.74) is 7.60. The van der Waals surface area contributed by atoms with Gasteiger partial charge in [-0.3, -0.25) is 4.79 Å². The number of hydrogen-bond donors (Lipinski definition) is 1. The van der Waals surface area contributed by atoms with Gasteiger partial charge in [0, 0.05) is 24.2 Å². The standard InChI is InChI=1S/C16H24N2O/c1-16(2,3)15(19)18-10-8-13(9-11-18)12-4-6-14(17)7-5-12/h4-7,13H,8-11,17H2,1-3H3. The van der Waals surface area contributed by atoms with Crippen LogP contribution in [0.1, 0.15) is 45.1 Å². The molecule has 2 N–H and O–H groups in total. The number of rotatable bonds is 1. The van der Waals surface area contributed by atoms with Crippen molar-refractivity contribution in [3.05, 3.63) is 29.8 Å². The van der Waals surface area contributed by atoms with E-state index in [-0.39, 0.29) is 11.3 Å². The number of benzene rings is 1. The summed E-state index contributed by atoms with van der Waals surface area (Å²) in [6, 6.07) is 8.15. The molecule has 1 saturated heterocycles. The summed E-state index contributed by atoms with van der Waals surface area (Å²) < 4.78 is 0. The van der Waals surface area contributed by atoms with Gasteiger partial charge < -0.3 is 10.6 Å².